The number of nitrogens with zero attached hydrogens (tertiary/aromatic N) is 1. The van der Waals surface area contributed by atoms with E-state index in [1.165, 1.54) is 0 Å². The quantitative estimate of drug-likeness (QED) is 0.512. The molecule has 1 aromatic heterocycles. The molecule has 0 aromatic carbocycles. The molecule has 11 heteroatoms. The maximum atomic E-state index is 13.6. The largest absolute Gasteiger partial charge is 0.463 e. The van der Waals surface area contributed by atoms with E-state index in [2.05, 4.69) is 15.9 Å². The molecule has 0 aliphatic carbocycles. The monoisotopic (exact) mass is 436 g/mol. The van der Waals surface area contributed by atoms with E-state index < -0.39 is 52.3 Å². The van der Waals surface area contributed by atoms with E-state index in [9.17, 15) is 23.6 Å². The molecule has 144 valence electrons. The van der Waals surface area contributed by atoms with Gasteiger partial charge in [0, 0.05) is 12.8 Å². The fourth-order valence-corrected chi connectivity index (χ4v) is 3.18. The number of aromatic amines is 1. The van der Waals surface area contributed by atoms with Gasteiger partial charge in [0.1, 0.15) is 18.8 Å². The number of halogens is 2. The third-order valence-electron chi connectivity index (χ3n) is 3.72. The highest BCUT2D eigenvalue weighted by Crippen LogP contribution is 2.36. The van der Waals surface area contributed by atoms with E-state index >= 15 is 0 Å². The molecule has 9 nitrogen and oxygen atoms in total. The molecule has 1 fully saturated rings. The van der Waals surface area contributed by atoms with Crippen molar-refractivity contribution in [1.29, 1.82) is 0 Å². The summed E-state index contributed by atoms with van der Waals surface area (Å²) < 4.78 is 30.4. The van der Waals surface area contributed by atoms with Gasteiger partial charge in [0.15, 0.2) is 6.23 Å². The minimum absolute atomic E-state index is 0.107. The Balaban J connectivity index is 2.30. The van der Waals surface area contributed by atoms with Gasteiger partial charge in [-0.3, -0.25) is 23.9 Å². The first-order chi connectivity index (χ1) is 12.3. The fourth-order valence-electron chi connectivity index (χ4n) is 2.35. The number of nitrogens with one attached hydrogen (secondary N) is 1. The summed E-state index contributed by atoms with van der Waals surface area (Å²) in [7, 11) is 0. The average Bonchev–Trinajstić information content (AvgIpc) is 2.91. The Morgan fingerprint density at radius 2 is 1.96 bits per heavy atom. The van der Waals surface area contributed by atoms with E-state index in [0.29, 0.717) is 6.20 Å². The minimum atomic E-state index is -1.17. The van der Waals surface area contributed by atoms with Crippen LogP contribution in [0, 0.1) is 5.82 Å². The maximum Gasteiger partial charge on any atom is 0.330 e. The van der Waals surface area contributed by atoms with Crippen molar-refractivity contribution in [2.24, 2.45) is 0 Å². The van der Waals surface area contributed by atoms with Crippen LogP contribution in [0.4, 0.5) is 4.39 Å². The molecular weight excluding hydrogens is 419 g/mol. The third kappa shape index (κ3) is 4.39. The van der Waals surface area contributed by atoms with E-state index in [1.54, 1.807) is 13.8 Å². The molecule has 0 spiro atoms. The van der Waals surface area contributed by atoms with Crippen LogP contribution >= 0.6 is 15.9 Å². The van der Waals surface area contributed by atoms with Crippen molar-refractivity contribution in [1.82, 2.24) is 9.55 Å². The molecule has 4 atom stereocenters. The second-order valence-corrected chi connectivity index (χ2v) is 6.56. The second kappa shape index (κ2) is 8.58. The predicted octanol–water partition coefficient (Wildman–Crippen LogP) is 0.612. The average molecular weight is 437 g/mol. The zero-order valence-electron chi connectivity index (χ0n) is 14.1. The summed E-state index contributed by atoms with van der Waals surface area (Å²) in [6.07, 6.45) is -1.89. The van der Waals surface area contributed by atoms with Gasteiger partial charge < -0.3 is 14.2 Å². The first-order valence-electron chi connectivity index (χ1n) is 7.94. The zero-order chi connectivity index (χ0) is 19.4. The van der Waals surface area contributed by atoms with Crippen LogP contribution in [-0.2, 0) is 23.8 Å². The summed E-state index contributed by atoms with van der Waals surface area (Å²) in [6.45, 7) is 3.01. The lowest BCUT2D eigenvalue weighted by Gasteiger charge is -2.20. The number of hydrogen-bond donors (Lipinski definition) is 1. The van der Waals surface area contributed by atoms with Crippen LogP contribution in [0.2, 0.25) is 0 Å². The number of ether oxygens (including phenoxy) is 3. The molecule has 1 aliphatic rings. The lowest BCUT2D eigenvalue weighted by atomic mass is 10.2. The highest BCUT2D eigenvalue weighted by Gasteiger charge is 2.47. The van der Waals surface area contributed by atoms with Gasteiger partial charge >= 0.3 is 17.6 Å². The van der Waals surface area contributed by atoms with Crippen molar-refractivity contribution in [2.75, 3.05) is 6.61 Å². The fraction of sp³-hybridized carbons (Fsp3) is 0.600. The van der Waals surface area contributed by atoms with Crippen LogP contribution in [0.1, 0.15) is 32.9 Å². The number of carbonyl (C=O) groups is 2. The summed E-state index contributed by atoms with van der Waals surface area (Å²) in [5.74, 6) is -2.16. The van der Waals surface area contributed by atoms with Crippen molar-refractivity contribution in [3.8, 4) is 0 Å². The van der Waals surface area contributed by atoms with Crippen LogP contribution in [0.15, 0.2) is 15.8 Å². The molecule has 2 rings (SSSR count). The minimum Gasteiger partial charge on any atom is -0.463 e. The van der Waals surface area contributed by atoms with Gasteiger partial charge in [0.25, 0.3) is 5.56 Å². The van der Waals surface area contributed by atoms with Crippen LogP contribution < -0.4 is 11.2 Å². The first kappa shape index (κ1) is 20.3. The molecule has 1 saturated heterocycles. The van der Waals surface area contributed by atoms with Gasteiger partial charge in [-0.15, -0.1) is 0 Å². The molecule has 1 N–H and O–H groups in total. The van der Waals surface area contributed by atoms with E-state index in [1.807, 2.05) is 4.98 Å². The molecule has 1 aromatic rings. The number of rotatable bonds is 6. The van der Waals surface area contributed by atoms with Crippen molar-refractivity contribution in [3.63, 3.8) is 0 Å². The van der Waals surface area contributed by atoms with E-state index in [4.69, 9.17) is 14.2 Å². The highest BCUT2D eigenvalue weighted by molar-refractivity contribution is 9.09. The summed E-state index contributed by atoms with van der Waals surface area (Å²) >= 11 is 3.29. The molecule has 0 bridgehead atoms. The number of aromatic nitrogens is 2. The Morgan fingerprint density at radius 1 is 1.31 bits per heavy atom. The van der Waals surface area contributed by atoms with Crippen LogP contribution in [0.25, 0.3) is 0 Å². The highest BCUT2D eigenvalue weighted by atomic mass is 79.9. The lowest BCUT2D eigenvalue weighted by molar-refractivity contribution is -0.157. The van der Waals surface area contributed by atoms with Gasteiger partial charge in [0.05, 0.1) is 11.0 Å². The molecule has 2 heterocycles. The zero-order valence-corrected chi connectivity index (χ0v) is 15.7. The van der Waals surface area contributed by atoms with Gasteiger partial charge in [-0.05, 0) is 0 Å². The number of H-pyrrole nitrogens is 1. The van der Waals surface area contributed by atoms with Crippen molar-refractivity contribution in [3.05, 3.63) is 32.9 Å². The number of carbonyl (C=O) groups excluding carboxylic acids is 2. The number of alkyl halides is 1. The molecule has 0 radical (unpaired) electrons. The first-order valence-corrected chi connectivity index (χ1v) is 8.85. The van der Waals surface area contributed by atoms with Crippen molar-refractivity contribution >= 4 is 27.9 Å². The van der Waals surface area contributed by atoms with Gasteiger partial charge in [-0.1, -0.05) is 29.8 Å². The predicted molar refractivity (Wildman–Crippen MR) is 89.3 cm³/mol. The summed E-state index contributed by atoms with van der Waals surface area (Å²) in [6, 6.07) is 0. The Bertz CT molecular complexity index is 793. The molecule has 4 unspecified atom stereocenters. The van der Waals surface area contributed by atoms with Crippen LogP contribution in [-0.4, -0.2) is 45.1 Å². The van der Waals surface area contributed by atoms with Crippen LogP contribution in [0.5, 0.6) is 0 Å². The Hall–Kier alpha value is -2.01. The van der Waals surface area contributed by atoms with Gasteiger partial charge in [0.2, 0.25) is 5.82 Å². The van der Waals surface area contributed by atoms with E-state index in [0.717, 1.165) is 4.57 Å². The van der Waals surface area contributed by atoms with Gasteiger partial charge in [-0.2, -0.15) is 4.39 Å². The van der Waals surface area contributed by atoms with E-state index in [-0.39, 0.29) is 19.4 Å². The Kier molecular flexibility index (Phi) is 6.70. The number of hydrogen-bond acceptors (Lipinski definition) is 7. The summed E-state index contributed by atoms with van der Waals surface area (Å²) in [4.78, 5) is 47.3. The molecule has 0 saturated carbocycles. The topological polar surface area (TPSA) is 117 Å². The maximum absolute atomic E-state index is 13.6. The number of esters is 2. The molecule has 0 amide bonds. The summed E-state index contributed by atoms with van der Waals surface area (Å²) in [5, 5.41) is 0. The second-order valence-electron chi connectivity index (χ2n) is 5.50. The molecular formula is C15H18BrFN2O7. The summed E-state index contributed by atoms with van der Waals surface area (Å²) in [5.41, 5.74) is -2.05. The Labute approximate surface area is 155 Å². The van der Waals surface area contributed by atoms with Crippen LogP contribution in [0.3, 0.4) is 0 Å². The standard InChI is InChI=1S/C15H18BrFN2O7/c1-3-9(20)24-6-8-12(26-10(21)4-2)11(16)14(25-8)19-5-7(17)13(22)18-15(19)23/h5,8,11-12,14H,3-4,6H2,1-2H3,(H,18,22,23). The lowest BCUT2D eigenvalue weighted by Crippen LogP contribution is -2.38. The molecule has 26 heavy (non-hydrogen) atoms. The normalized spacial score (nSPS) is 25.1. The SMILES string of the molecule is CCC(=O)OCC1OC(n2cc(F)c(=O)[nH]c2=O)C(Br)C1OC(=O)CC. The third-order valence-corrected chi connectivity index (χ3v) is 4.69. The van der Waals surface area contributed by atoms with Crippen molar-refractivity contribution in [2.45, 2.75) is 50.0 Å². The Morgan fingerprint density at radius 3 is 2.58 bits per heavy atom. The molecule has 1 aliphatic heterocycles. The smallest absolute Gasteiger partial charge is 0.330 e. The van der Waals surface area contributed by atoms with Gasteiger partial charge in [-0.25, -0.2) is 4.79 Å². The van der Waals surface area contributed by atoms with Crippen molar-refractivity contribution < 1.29 is 28.2 Å².